The van der Waals surface area contributed by atoms with E-state index in [1.165, 1.54) is 24.6 Å². The number of fused-ring (bicyclic) bond motifs is 3. The van der Waals surface area contributed by atoms with Gasteiger partial charge in [0.05, 0.1) is 17.7 Å². The Morgan fingerprint density at radius 1 is 0.952 bits per heavy atom. The summed E-state index contributed by atoms with van der Waals surface area (Å²) in [5.74, 6) is -2.72. The summed E-state index contributed by atoms with van der Waals surface area (Å²) in [6.45, 7) is 0.0286. The van der Waals surface area contributed by atoms with E-state index in [9.17, 15) is 19.2 Å². The maximum absolute atomic E-state index is 13.1. The standard InChI is InChI=1S/C31H26N2O8S/c1-39-19-12-10-18(11-13-19)29(36)41-30(37)25(14-15-27-32-26(17-42-27)28(34)35)33-31(38)40-16-24-22-8-4-2-6-20(22)21-7-3-5-9-23(21)24/h2-13,17,24-25H,14-16H2,1H3,(H,33,38)(H,34,35)/t25-/m0/s1. The summed E-state index contributed by atoms with van der Waals surface area (Å²) >= 11 is 1.11. The Morgan fingerprint density at radius 2 is 1.60 bits per heavy atom. The fourth-order valence-corrected chi connectivity index (χ4v) is 5.56. The molecule has 10 nitrogen and oxygen atoms in total. The molecular weight excluding hydrogens is 560 g/mol. The zero-order valence-corrected chi connectivity index (χ0v) is 23.3. The van der Waals surface area contributed by atoms with E-state index < -0.39 is 30.0 Å². The van der Waals surface area contributed by atoms with Gasteiger partial charge in [-0.1, -0.05) is 48.5 Å². The first-order valence-electron chi connectivity index (χ1n) is 13.0. The number of aryl methyl sites for hydroxylation is 1. The van der Waals surface area contributed by atoms with Gasteiger partial charge in [-0.15, -0.1) is 11.3 Å². The lowest BCUT2D eigenvalue weighted by Crippen LogP contribution is -2.43. The number of hydrogen-bond acceptors (Lipinski definition) is 9. The molecule has 1 atom stereocenters. The second-order valence-corrected chi connectivity index (χ2v) is 10.4. The number of aromatic carboxylic acids is 1. The van der Waals surface area contributed by atoms with Gasteiger partial charge in [0, 0.05) is 17.7 Å². The van der Waals surface area contributed by atoms with Crippen LogP contribution in [0.25, 0.3) is 11.1 Å². The number of methoxy groups -OCH3 is 1. The lowest BCUT2D eigenvalue weighted by atomic mass is 9.98. The van der Waals surface area contributed by atoms with Gasteiger partial charge in [-0.05, 0) is 52.9 Å². The third kappa shape index (κ3) is 6.31. The van der Waals surface area contributed by atoms with E-state index >= 15 is 0 Å². The second kappa shape index (κ2) is 12.6. The minimum atomic E-state index is -1.26. The summed E-state index contributed by atoms with van der Waals surface area (Å²) in [6.07, 6.45) is -0.718. The van der Waals surface area contributed by atoms with Crippen LogP contribution in [0.4, 0.5) is 4.79 Å². The Kier molecular flexibility index (Phi) is 8.58. The molecule has 1 aliphatic rings. The Morgan fingerprint density at radius 3 is 2.19 bits per heavy atom. The quantitative estimate of drug-likeness (QED) is 0.192. The van der Waals surface area contributed by atoms with E-state index in [0.717, 1.165) is 33.6 Å². The van der Waals surface area contributed by atoms with Gasteiger partial charge in [-0.2, -0.15) is 0 Å². The van der Waals surface area contributed by atoms with Crippen LogP contribution in [0.15, 0.2) is 78.2 Å². The van der Waals surface area contributed by atoms with Crippen LogP contribution in [-0.2, 0) is 20.7 Å². The lowest BCUT2D eigenvalue weighted by molar-refractivity contribution is -0.140. The van der Waals surface area contributed by atoms with Crippen molar-refractivity contribution in [2.24, 2.45) is 0 Å². The highest BCUT2D eigenvalue weighted by atomic mass is 32.1. The Hall–Kier alpha value is -5.03. The average molecular weight is 587 g/mol. The van der Waals surface area contributed by atoms with Gasteiger partial charge in [0.15, 0.2) is 5.69 Å². The topological polar surface area (TPSA) is 141 Å². The Balaban J connectivity index is 1.27. The third-order valence-electron chi connectivity index (χ3n) is 6.86. The number of aromatic nitrogens is 1. The zero-order chi connectivity index (χ0) is 29.6. The van der Waals surface area contributed by atoms with E-state index in [2.05, 4.69) is 10.3 Å². The summed E-state index contributed by atoms with van der Waals surface area (Å²) in [6, 6.07) is 20.5. The van der Waals surface area contributed by atoms with Gasteiger partial charge in [0.2, 0.25) is 0 Å². The third-order valence-corrected chi connectivity index (χ3v) is 7.77. The Labute approximate surface area is 244 Å². The minimum absolute atomic E-state index is 0.00844. The van der Waals surface area contributed by atoms with E-state index in [1.54, 1.807) is 12.1 Å². The first-order valence-corrected chi connectivity index (χ1v) is 13.9. The first kappa shape index (κ1) is 28.5. The number of nitrogens with zero attached hydrogens (tertiary/aromatic N) is 1. The number of rotatable bonds is 10. The number of carbonyl (C=O) groups excluding carboxylic acids is 3. The number of esters is 2. The SMILES string of the molecule is COc1ccc(C(=O)OC(=O)[C@H](CCc2nc(C(=O)O)cs2)NC(=O)OCC2c3ccccc3-c3ccccc32)cc1. The van der Waals surface area contributed by atoms with Crippen molar-refractivity contribution < 1.29 is 38.5 Å². The molecule has 0 fully saturated rings. The molecule has 0 unspecified atom stereocenters. The highest BCUT2D eigenvalue weighted by Gasteiger charge is 2.31. The molecule has 1 heterocycles. The molecular formula is C31H26N2O8S. The van der Waals surface area contributed by atoms with Crippen molar-refractivity contribution in [1.82, 2.24) is 10.3 Å². The van der Waals surface area contributed by atoms with Crippen molar-refractivity contribution in [3.05, 3.63) is 106 Å². The normalized spacial score (nSPS) is 12.5. The fourth-order valence-electron chi connectivity index (χ4n) is 4.77. The number of nitrogens with one attached hydrogen (secondary N) is 1. The maximum Gasteiger partial charge on any atom is 0.407 e. The predicted octanol–water partition coefficient (Wildman–Crippen LogP) is 5.07. The molecule has 0 radical (unpaired) electrons. The maximum atomic E-state index is 13.1. The number of alkyl carbamates (subject to hydrolysis) is 1. The number of thiazole rings is 1. The number of carbonyl (C=O) groups is 4. The summed E-state index contributed by atoms with van der Waals surface area (Å²) in [7, 11) is 1.48. The molecule has 0 saturated heterocycles. The second-order valence-electron chi connectivity index (χ2n) is 9.43. The summed E-state index contributed by atoms with van der Waals surface area (Å²) in [4.78, 5) is 53.8. The van der Waals surface area contributed by atoms with Crippen LogP contribution in [-0.4, -0.2) is 53.9 Å². The van der Waals surface area contributed by atoms with Crippen molar-refractivity contribution in [2.45, 2.75) is 24.8 Å². The number of carboxylic acid groups (broad SMARTS) is 1. The van der Waals surface area contributed by atoms with Gasteiger partial charge in [-0.25, -0.2) is 24.2 Å². The fraction of sp³-hybridized carbons (Fsp3) is 0.194. The van der Waals surface area contributed by atoms with Crippen molar-refractivity contribution >= 4 is 35.3 Å². The van der Waals surface area contributed by atoms with E-state index in [4.69, 9.17) is 19.3 Å². The van der Waals surface area contributed by atoms with Gasteiger partial charge < -0.3 is 24.6 Å². The van der Waals surface area contributed by atoms with Crippen LogP contribution in [0.2, 0.25) is 0 Å². The highest BCUT2D eigenvalue weighted by molar-refractivity contribution is 7.09. The molecule has 2 N–H and O–H groups in total. The summed E-state index contributed by atoms with van der Waals surface area (Å²) in [5, 5.41) is 13.5. The van der Waals surface area contributed by atoms with E-state index in [-0.39, 0.29) is 36.6 Å². The Bertz CT molecular complexity index is 1590. The highest BCUT2D eigenvalue weighted by Crippen LogP contribution is 2.44. The van der Waals surface area contributed by atoms with Crippen LogP contribution in [0.5, 0.6) is 5.75 Å². The molecule has 1 amide bonds. The molecule has 1 aliphatic carbocycles. The number of benzene rings is 3. The summed E-state index contributed by atoms with van der Waals surface area (Å²) < 4.78 is 15.7. The van der Waals surface area contributed by atoms with Gasteiger partial charge >= 0.3 is 24.0 Å². The number of ether oxygens (including phenoxy) is 3. The van der Waals surface area contributed by atoms with Crippen LogP contribution in [0.3, 0.4) is 0 Å². The molecule has 1 aromatic heterocycles. The van der Waals surface area contributed by atoms with Crippen molar-refractivity contribution in [3.63, 3.8) is 0 Å². The molecule has 4 aromatic rings. The number of amides is 1. The minimum Gasteiger partial charge on any atom is -0.497 e. The number of hydrogen-bond donors (Lipinski definition) is 2. The molecule has 0 saturated carbocycles. The van der Waals surface area contributed by atoms with Crippen LogP contribution >= 0.6 is 11.3 Å². The lowest BCUT2D eigenvalue weighted by Gasteiger charge is -2.18. The molecule has 3 aromatic carbocycles. The average Bonchev–Trinajstić information content (AvgIpc) is 3.61. The van der Waals surface area contributed by atoms with Gasteiger partial charge in [0.1, 0.15) is 18.4 Å². The first-order chi connectivity index (χ1) is 20.3. The van der Waals surface area contributed by atoms with Crippen molar-refractivity contribution in [1.29, 1.82) is 0 Å². The van der Waals surface area contributed by atoms with Crippen molar-refractivity contribution in [3.8, 4) is 16.9 Å². The van der Waals surface area contributed by atoms with Crippen molar-refractivity contribution in [2.75, 3.05) is 13.7 Å². The van der Waals surface area contributed by atoms with Gasteiger partial charge in [-0.3, -0.25) is 0 Å². The largest absolute Gasteiger partial charge is 0.497 e. The molecule has 214 valence electrons. The predicted molar refractivity (Wildman–Crippen MR) is 153 cm³/mol. The van der Waals surface area contributed by atoms with Crippen LogP contribution < -0.4 is 10.1 Å². The number of carboxylic acids is 1. The zero-order valence-electron chi connectivity index (χ0n) is 22.4. The molecule has 0 spiro atoms. The van der Waals surface area contributed by atoms with E-state index in [0.29, 0.717) is 10.8 Å². The molecule has 5 rings (SSSR count). The van der Waals surface area contributed by atoms with E-state index in [1.807, 2.05) is 48.5 Å². The molecule has 42 heavy (non-hydrogen) atoms. The summed E-state index contributed by atoms with van der Waals surface area (Å²) in [5.41, 5.74) is 4.22. The van der Waals surface area contributed by atoms with Crippen LogP contribution in [0.1, 0.15) is 49.3 Å². The molecule has 11 heteroatoms. The van der Waals surface area contributed by atoms with Gasteiger partial charge in [0.25, 0.3) is 0 Å². The smallest absolute Gasteiger partial charge is 0.407 e. The van der Waals surface area contributed by atoms with Crippen LogP contribution in [0, 0.1) is 0 Å². The molecule has 0 aliphatic heterocycles. The monoisotopic (exact) mass is 586 g/mol. The molecule has 0 bridgehead atoms.